The third kappa shape index (κ3) is 15.9. The molecule has 0 spiro atoms. The van der Waals surface area contributed by atoms with Gasteiger partial charge in [0, 0.05) is 25.6 Å². The normalized spacial score (nSPS) is 14.9. The molecule has 0 unspecified atom stereocenters. The van der Waals surface area contributed by atoms with Gasteiger partial charge in [-0.05, 0) is 73.6 Å². The standard InChI is InChI=1S/C43H57N4O6.2Na.2H/c1-29(2)39(47-23-15-22-44-42(47)51)41(50)45-34(24-32-18-10-8-11-19-32)26-36(53-38(49)27-43(5,6)7)35(25-33-20-12-9-13-21-33)46-37(48)28-52-40-30(3)16-14-17-31(40)4;;;;/h8-14,16-21,29,34-36,39H,5,15,22-28H2,1-4,6-7H3,(H,44,51)(H,45,50)(H,46,48);;;;/t34-,35+,36+,39+;;;;/m1..../s1. The number of carbonyl (C=O) groups is 4. The van der Waals surface area contributed by atoms with Crippen LogP contribution in [0.3, 0.4) is 0 Å². The Bertz CT molecular complexity index is 1650. The first-order valence-electron chi connectivity index (χ1n) is 18.7. The molecule has 0 saturated carbocycles. The molecule has 0 aliphatic carbocycles. The Labute approximate surface area is 372 Å². The summed E-state index contributed by atoms with van der Waals surface area (Å²) < 4.78 is 12.3. The van der Waals surface area contributed by atoms with Crippen molar-refractivity contribution in [2.75, 3.05) is 19.7 Å². The first-order chi connectivity index (χ1) is 25.2. The molecule has 1 heterocycles. The van der Waals surface area contributed by atoms with E-state index in [9.17, 15) is 19.2 Å². The second-order valence-electron chi connectivity index (χ2n) is 15.3. The zero-order valence-electron chi connectivity index (χ0n) is 32.2. The molecule has 3 N–H and O–H groups in total. The number of aryl methyl sites for hydroxylation is 2. The van der Waals surface area contributed by atoms with E-state index in [0.29, 0.717) is 31.7 Å². The van der Waals surface area contributed by atoms with Crippen molar-refractivity contribution in [2.45, 2.75) is 97.9 Å². The van der Waals surface area contributed by atoms with Crippen LogP contribution in [0.1, 0.15) is 69.2 Å². The molecule has 3 aromatic rings. The number of rotatable bonds is 18. The van der Waals surface area contributed by atoms with E-state index in [-0.39, 0.29) is 102 Å². The molecule has 12 heteroatoms. The first kappa shape index (κ1) is 48.3. The van der Waals surface area contributed by atoms with Crippen LogP contribution in [0.5, 0.6) is 5.75 Å². The van der Waals surface area contributed by atoms with Crippen LogP contribution in [-0.2, 0) is 32.0 Å². The average molecular weight is 774 g/mol. The van der Waals surface area contributed by atoms with Crippen LogP contribution >= 0.6 is 0 Å². The fourth-order valence-electron chi connectivity index (χ4n) is 6.83. The van der Waals surface area contributed by atoms with Crippen LogP contribution in [-0.4, -0.2) is 132 Å². The fourth-order valence-corrected chi connectivity index (χ4v) is 6.83. The number of nitrogens with one attached hydrogen (secondary N) is 3. The molecule has 0 bridgehead atoms. The molecule has 1 aliphatic heterocycles. The summed E-state index contributed by atoms with van der Waals surface area (Å²) in [6.45, 7) is 16.3. The van der Waals surface area contributed by atoms with E-state index >= 15 is 0 Å². The molecule has 1 radical (unpaired) electrons. The van der Waals surface area contributed by atoms with Crippen LogP contribution in [0.15, 0.2) is 78.9 Å². The van der Waals surface area contributed by atoms with E-state index in [2.05, 4.69) is 22.9 Å². The van der Waals surface area contributed by atoms with Crippen molar-refractivity contribution < 1.29 is 28.7 Å². The Morgan fingerprint density at radius 2 is 1.45 bits per heavy atom. The summed E-state index contributed by atoms with van der Waals surface area (Å²) in [4.78, 5) is 56.0. The van der Waals surface area contributed by atoms with Crippen molar-refractivity contribution in [3.05, 3.63) is 108 Å². The molecule has 1 fully saturated rings. The van der Waals surface area contributed by atoms with Crippen molar-refractivity contribution in [3.63, 3.8) is 0 Å². The average Bonchev–Trinajstić information content (AvgIpc) is 3.08. The van der Waals surface area contributed by atoms with E-state index in [0.717, 1.165) is 28.7 Å². The van der Waals surface area contributed by atoms with Gasteiger partial charge in [0.05, 0.1) is 12.5 Å². The SMILES string of the molecule is [CH2]C(C)(C)CC(=O)O[C@@H](C[C@@H](Cc1ccccc1)NC(=O)[C@H](C(C)C)N1CCCNC1=O)[C@H](Cc1ccccc1)NC(=O)COc1c(C)cccc1C.[NaH].[NaH]. The molecule has 1 saturated heterocycles. The van der Waals surface area contributed by atoms with Crippen molar-refractivity contribution in [2.24, 2.45) is 11.3 Å². The second kappa shape index (κ2) is 23.4. The van der Waals surface area contributed by atoms with Gasteiger partial charge in [0.25, 0.3) is 5.91 Å². The number of urea groups is 1. The van der Waals surface area contributed by atoms with E-state index < -0.39 is 35.6 Å². The zero-order chi connectivity index (χ0) is 38.5. The Balaban J connectivity index is 0.00000523. The van der Waals surface area contributed by atoms with Gasteiger partial charge in [-0.1, -0.05) is 107 Å². The van der Waals surface area contributed by atoms with Crippen molar-refractivity contribution >= 4 is 82.9 Å². The van der Waals surface area contributed by atoms with E-state index in [4.69, 9.17) is 9.47 Å². The third-order valence-electron chi connectivity index (χ3n) is 9.29. The maximum absolute atomic E-state index is 14.2. The number of hydrogen-bond donors (Lipinski definition) is 3. The van der Waals surface area contributed by atoms with Gasteiger partial charge in [-0.15, -0.1) is 0 Å². The quantitative estimate of drug-likeness (QED) is 0.126. The van der Waals surface area contributed by atoms with Gasteiger partial charge in [-0.2, -0.15) is 0 Å². The summed E-state index contributed by atoms with van der Waals surface area (Å²) >= 11 is 0. The van der Waals surface area contributed by atoms with Gasteiger partial charge in [0.1, 0.15) is 17.9 Å². The minimum atomic E-state index is -0.848. The minimum absolute atomic E-state index is 0. The molecule has 4 rings (SSSR count). The number of amides is 4. The van der Waals surface area contributed by atoms with Crippen molar-refractivity contribution in [1.29, 1.82) is 0 Å². The topological polar surface area (TPSA) is 126 Å². The summed E-state index contributed by atoms with van der Waals surface area (Å²) in [5, 5.41) is 9.24. The number of para-hydroxylation sites is 1. The predicted molar refractivity (Wildman–Crippen MR) is 221 cm³/mol. The number of hydrogen-bond acceptors (Lipinski definition) is 6. The number of carbonyl (C=O) groups excluding carboxylic acids is 4. The Morgan fingerprint density at radius 3 is 2.00 bits per heavy atom. The van der Waals surface area contributed by atoms with Gasteiger partial charge >= 0.3 is 71.1 Å². The summed E-state index contributed by atoms with van der Waals surface area (Å²) in [5.41, 5.74) is 3.16. The molecular weight excluding hydrogens is 714 g/mol. The summed E-state index contributed by atoms with van der Waals surface area (Å²) in [7, 11) is 0. The molecule has 55 heavy (non-hydrogen) atoms. The zero-order valence-corrected chi connectivity index (χ0v) is 32.2. The summed E-state index contributed by atoms with van der Waals surface area (Å²) in [6.07, 6.45) is 0.927. The van der Waals surface area contributed by atoms with Gasteiger partial charge in [0.15, 0.2) is 6.61 Å². The Hall–Kier alpha value is -2.86. The second-order valence-corrected chi connectivity index (χ2v) is 15.3. The van der Waals surface area contributed by atoms with E-state index in [1.807, 2.05) is 120 Å². The molecule has 4 amide bonds. The molecule has 289 valence electrons. The molecule has 10 nitrogen and oxygen atoms in total. The number of ether oxygens (including phenoxy) is 2. The number of esters is 1. The molecule has 1 aliphatic rings. The Kier molecular flexibility index (Phi) is 20.5. The predicted octanol–water partition coefficient (Wildman–Crippen LogP) is 4.83. The van der Waals surface area contributed by atoms with Gasteiger partial charge < -0.3 is 30.3 Å². The first-order valence-corrected chi connectivity index (χ1v) is 18.7. The van der Waals surface area contributed by atoms with Crippen LogP contribution in [0.4, 0.5) is 4.79 Å². The molecule has 3 aromatic carbocycles. The maximum atomic E-state index is 14.2. The summed E-state index contributed by atoms with van der Waals surface area (Å²) in [6, 6.07) is 23.1. The van der Waals surface area contributed by atoms with Crippen LogP contribution in [0, 0.1) is 32.1 Å². The fraction of sp³-hybridized carbons (Fsp3) is 0.465. The molecule has 4 atom stereocenters. The summed E-state index contributed by atoms with van der Waals surface area (Å²) in [5.74, 6) is -0.620. The van der Waals surface area contributed by atoms with Crippen LogP contribution in [0.2, 0.25) is 0 Å². The van der Waals surface area contributed by atoms with Crippen molar-refractivity contribution in [1.82, 2.24) is 20.9 Å². The van der Waals surface area contributed by atoms with Gasteiger partial charge in [0.2, 0.25) is 5.91 Å². The monoisotopic (exact) mass is 773 g/mol. The van der Waals surface area contributed by atoms with Crippen molar-refractivity contribution in [3.8, 4) is 5.75 Å². The molecular formula is C43H59N4Na2O6. The van der Waals surface area contributed by atoms with Crippen LogP contribution in [0.25, 0.3) is 0 Å². The third-order valence-corrected chi connectivity index (χ3v) is 9.29. The van der Waals surface area contributed by atoms with E-state index in [1.165, 1.54) is 0 Å². The van der Waals surface area contributed by atoms with E-state index in [1.54, 1.807) is 4.90 Å². The number of nitrogens with zero attached hydrogens (tertiary/aromatic N) is 1. The van der Waals surface area contributed by atoms with Crippen LogP contribution < -0.4 is 20.7 Å². The van der Waals surface area contributed by atoms with Gasteiger partial charge in [-0.25, -0.2) is 4.79 Å². The Morgan fingerprint density at radius 1 is 0.873 bits per heavy atom. The molecule has 0 aromatic heterocycles. The van der Waals surface area contributed by atoms with Gasteiger partial charge in [-0.3, -0.25) is 14.4 Å². The number of benzene rings is 3.